The van der Waals surface area contributed by atoms with E-state index in [1.807, 2.05) is 0 Å². The third-order valence-electron chi connectivity index (χ3n) is 4.83. The van der Waals surface area contributed by atoms with Gasteiger partial charge in [0, 0.05) is 0 Å². The molecule has 1 atom stereocenters. The molecule has 1 aliphatic heterocycles. The van der Waals surface area contributed by atoms with Gasteiger partial charge < -0.3 is 0 Å². The van der Waals surface area contributed by atoms with Gasteiger partial charge in [-0.05, 0) is 0 Å². The minimum absolute atomic E-state index is 0.563. The molecule has 0 saturated carbocycles. The first-order chi connectivity index (χ1) is 12.4. The summed E-state index contributed by atoms with van der Waals surface area (Å²) >= 11 is 0.563. The fourth-order valence-electron chi connectivity index (χ4n) is 3.56. The van der Waals surface area contributed by atoms with Crippen molar-refractivity contribution in [1.82, 2.24) is 0 Å². The van der Waals surface area contributed by atoms with Crippen LogP contribution in [0.25, 0.3) is 10.0 Å². The molecule has 1 unspecified atom stereocenters. The summed E-state index contributed by atoms with van der Waals surface area (Å²) in [6, 6.07) is 32.9. The Morgan fingerprint density at radius 3 is 1.88 bits per heavy atom. The number of hydrogen-bond donors (Lipinski definition) is 0. The Hall–Kier alpha value is -2.08. The van der Waals surface area contributed by atoms with Crippen molar-refractivity contribution in [2.75, 3.05) is 0 Å². The van der Waals surface area contributed by atoms with Crippen LogP contribution in [-0.2, 0) is 6.42 Å². The van der Waals surface area contributed by atoms with Crippen molar-refractivity contribution < 1.29 is 0 Å². The fourth-order valence-corrected chi connectivity index (χ4v) is 6.59. The number of aryl methyl sites for hydroxylation is 1. The summed E-state index contributed by atoms with van der Waals surface area (Å²) in [4.78, 5) is 0. The third kappa shape index (κ3) is 3.79. The van der Waals surface area contributed by atoms with E-state index in [0.717, 1.165) is 0 Å². The Morgan fingerprint density at radius 1 is 0.680 bits per heavy atom. The first-order valence-electron chi connectivity index (χ1n) is 8.93. The number of rotatable bonds is 5. The van der Waals surface area contributed by atoms with Gasteiger partial charge in [0.2, 0.25) is 0 Å². The van der Waals surface area contributed by atoms with Gasteiger partial charge in [-0.2, -0.15) is 0 Å². The monoisotopic (exact) mass is 390 g/mol. The molecule has 0 fully saturated rings. The SMILES string of the molecule is c1ccc(CCC2C[Se]C(c3ccccc3)=C2c2ccccc2)cc1. The second kappa shape index (κ2) is 7.87. The van der Waals surface area contributed by atoms with Crippen molar-refractivity contribution in [2.24, 2.45) is 5.92 Å². The summed E-state index contributed by atoms with van der Waals surface area (Å²) in [5, 5.41) is 1.33. The molecule has 0 aliphatic carbocycles. The maximum atomic E-state index is 2.29. The van der Waals surface area contributed by atoms with Gasteiger partial charge in [0.25, 0.3) is 0 Å². The Kier molecular flexibility index (Phi) is 5.16. The predicted molar refractivity (Wildman–Crippen MR) is 109 cm³/mol. The zero-order chi connectivity index (χ0) is 16.9. The average Bonchev–Trinajstić information content (AvgIpc) is 3.12. The van der Waals surface area contributed by atoms with Gasteiger partial charge in [-0.15, -0.1) is 0 Å². The van der Waals surface area contributed by atoms with E-state index in [1.165, 1.54) is 34.9 Å². The topological polar surface area (TPSA) is 0 Å². The van der Waals surface area contributed by atoms with Crippen molar-refractivity contribution in [2.45, 2.75) is 18.2 Å². The molecule has 3 aromatic carbocycles. The Labute approximate surface area is 156 Å². The summed E-state index contributed by atoms with van der Waals surface area (Å²) in [7, 11) is 0. The van der Waals surface area contributed by atoms with Crippen LogP contribution in [0.1, 0.15) is 23.1 Å². The van der Waals surface area contributed by atoms with Crippen molar-refractivity contribution in [3.63, 3.8) is 0 Å². The van der Waals surface area contributed by atoms with E-state index >= 15 is 0 Å². The molecule has 1 heteroatoms. The van der Waals surface area contributed by atoms with Crippen LogP contribution >= 0.6 is 0 Å². The molecule has 0 bridgehead atoms. The van der Waals surface area contributed by atoms with Crippen LogP contribution in [0, 0.1) is 5.92 Å². The summed E-state index contributed by atoms with van der Waals surface area (Å²) in [6.45, 7) is 0. The summed E-state index contributed by atoms with van der Waals surface area (Å²) in [5.41, 5.74) is 5.89. The molecule has 0 radical (unpaired) electrons. The van der Waals surface area contributed by atoms with E-state index in [4.69, 9.17) is 0 Å². The van der Waals surface area contributed by atoms with Crippen molar-refractivity contribution in [3.8, 4) is 0 Å². The first kappa shape index (κ1) is 16.4. The van der Waals surface area contributed by atoms with E-state index < -0.39 is 0 Å². The van der Waals surface area contributed by atoms with Crippen LogP contribution in [0.3, 0.4) is 0 Å². The van der Waals surface area contributed by atoms with Gasteiger partial charge in [-0.3, -0.25) is 0 Å². The molecule has 25 heavy (non-hydrogen) atoms. The van der Waals surface area contributed by atoms with Crippen LogP contribution < -0.4 is 0 Å². The van der Waals surface area contributed by atoms with Gasteiger partial charge >= 0.3 is 157 Å². The Balaban J connectivity index is 1.66. The standard InChI is InChI=1S/C24H22Se/c1-4-10-19(11-5-1)16-17-22-18-25-24(21-14-8-3-9-15-21)23(22)20-12-6-2-7-13-20/h1-15,22H,16-18H2. The van der Waals surface area contributed by atoms with Gasteiger partial charge in [0.05, 0.1) is 0 Å². The summed E-state index contributed by atoms with van der Waals surface area (Å²) in [5.74, 6) is 0.679. The molecule has 124 valence electrons. The molecule has 0 nitrogen and oxygen atoms in total. The second-order valence-corrected chi connectivity index (χ2v) is 8.67. The van der Waals surface area contributed by atoms with E-state index in [9.17, 15) is 0 Å². The normalized spacial score (nSPS) is 17.0. The average molecular weight is 389 g/mol. The molecular weight excluding hydrogens is 367 g/mol. The second-order valence-electron chi connectivity index (χ2n) is 6.51. The Morgan fingerprint density at radius 2 is 1.24 bits per heavy atom. The van der Waals surface area contributed by atoms with Crippen LogP contribution in [0.2, 0.25) is 5.32 Å². The van der Waals surface area contributed by atoms with Gasteiger partial charge in [-0.25, -0.2) is 0 Å². The zero-order valence-electron chi connectivity index (χ0n) is 14.3. The Bertz CT molecular complexity index is 835. The minimum atomic E-state index is 0.563. The first-order valence-corrected chi connectivity index (χ1v) is 11.0. The van der Waals surface area contributed by atoms with Crippen molar-refractivity contribution in [3.05, 3.63) is 108 Å². The van der Waals surface area contributed by atoms with Crippen LogP contribution in [0.5, 0.6) is 0 Å². The van der Waals surface area contributed by atoms with Gasteiger partial charge in [0.1, 0.15) is 0 Å². The molecule has 0 spiro atoms. The summed E-state index contributed by atoms with van der Waals surface area (Å²) < 4.78 is 1.61. The molecule has 0 aromatic heterocycles. The molecule has 0 N–H and O–H groups in total. The molecule has 0 saturated heterocycles. The number of allylic oxidation sites excluding steroid dienone is 1. The van der Waals surface area contributed by atoms with Crippen LogP contribution in [0.4, 0.5) is 0 Å². The van der Waals surface area contributed by atoms with E-state index in [2.05, 4.69) is 91.0 Å². The van der Waals surface area contributed by atoms with E-state index in [-0.39, 0.29) is 0 Å². The van der Waals surface area contributed by atoms with Gasteiger partial charge in [0.15, 0.2) is 0 Å². The third-order valence-corrected chi connectivity index (χ3v) is 7.58. The van der Waals surface area contributed by atoms with Crippen molar-refractivity contribution >= 4 is 25.0 Å². The number of benzene rings is 3. The molecule has 1 aliphatic rings. The molecule has 4 rings (SSSR count). The zero-order valence-corrected chi connectivity index (χ0v) is 16.0. The predicted octanol–water partition coefficient (Wildman–Crippen LogP) is 5.94. The molecule has 0 amide bonds. The molecular formula is C24H22Se. The van der Waals surface area contributed by atoms with E-state index in [1.54, 1.807) is 10.0 Å². The molecule has 3 aromatic rings. The number of hydrogen-bond acceptors (Lipinski definition) is 0. The van der Waals surface area contributed by atoms with Crippen molar-refractivity contribution in [1.29, 1.82) is 0 Å². The van der Waals surface area contributed by atoms with Crippen LogP contribution in [0.15, 0.2) is 91.0 Å². The van der Waals surface area contributed by atoms with E-state index in [0.29, 0.717) is 20.9 Å². The maximum absolute atomic E-state index is 2.29. The fraction of sp³-hybridized carbons (Fsp3) is 0.167. The summed E-state index contributed by atoms with van der Waals surface area (Å²) in [6.07, 6.45) is 2.41. The quantitative estimate of drug-likeness (QED) is 0.474. The molecule has 1 heterocycles. The van der Waals surface area contributed by atoms with Gasteiger partial charge in [-0.1, -0.05) is 0 Å². The van der Waals surface area contributed by atoms with Crippen LogP contribution in [-0.4, -0.2) is 15.0 Å².